The molecule has 0 fully saturated rings. The van der Waals surface area contributed by atoms with Crippen molar-refractivity contribution in [3.63, 3.8) is 0 Å². The lowest BCUT2D eigenvalue weighted by Gasteiger charge is -2.19. The normalized spacial score (nSPS) is 11.2. The van der Waals surface area contributed by atoms with Gasteiger partial charge < -0.3 is 9.84 Å². The van der Waals surface area contributed by atoms with Crippen LogP contribution in [0, 0.1) is 0 Å². The first-order valence-electron chi connectivity index (χ1n) is 4.76. The molecule has 1 rings (SSSR count). The van der Waals surface area contributed by atoms with Crippen molar-refractivity contribution in [3.05, 3.63) is 18.2 Å². The predicted octanol–water partition coefficient (Wildman–Crippen LogP) is 1.29. The summed E-state index contributed by atoms with van der Waals surface area (Å²) < 4.78 is 6.19. The molecule has 0 saturated carbocycles. The number of rotatable bonds is 2. The molecule has 1 aromatic rings. The lowest BCUT2D eigenvalue weighted by Crippen LogP contribution is -2.28. The van der Waals surface area contributed by atoms with Crippen LogP contribution in [0.25, 0.3) is 0 Å². The molecule has 0 radical (unpaired) electrons. The quantitative estimate of drug-likeness (QED) is 0.821. The lowest BCUT2D eigenvalue weighted by atomic mass is 10.2. The van der Waals surface area contributed by atoms with Crippen LogP contribution in [0.15, 0.2) is 12.5 Å². The van der Waals surface area contributed by atoms with Gasteiger partial charge >= 0.3 is 12.1 Å². The molecule has 0 aliphatic rings. The van der Waals surface area contributed by atoms with Crippen LogP contribution in [0.2, 0.25) is 0 Å². The first-order chi connectivity index (χ1) is 7.29. The van der Waals surface area contributed by atoms with Crippen LogP contribution in [0.4, 0.5) is 4.79 Å². The van der Waals surface area contributed by atoms with E-state index in [1.807, 2.05) is 0 Å². The van der Waals surface area contributed by atoms with Crippen LogP contribution in [0.5, 0.6) is 0 Å². The van der Waals surface area contributed by atoms with Gasteiger partial charge in [0.05, 0.1) is 12.1 Å². The molecule has 1 N–H and O–H groups in total. The molecule has 1 heterocycles. The number of imidazole rings is 1. The number of hydrogen-bond acceptors (Lipinski definition) is 4. The monoisotopic (exact) mass is 226 g/mol. The number of carbonyl (C=O) groups excluding carboxylic acids is 1. The van der Waals surface area contributed by atoms with Gasteiger partial charge in [-0.3, -0.25) is 4.79 Å². The topological polar surface area (TPSA) is 81.4 Å². The Kier molecular flexibility index (Phi) is 3.31. The summed E-state index contributed by atoms with van der Waals surface area (Å²) in [5, 5.41) is 8.63. The molecule has 0 aromatic carbocycles. The van der Waals surface area contributed by atoms with E-state index in [4.69, 9.17) is 9.84 Å². The third-order valence-electron chi connectivity index (χ3n) is 1.64. The maximum atomic E-state index is 11.6. The summed E-state index contributed by atoms with van der Waals surface area (Å²) in [6.45, 7) is 5.20. The van der Waals surface area contributed by atoms with Crippen LogP contribution in [-0.4, -0.2) is 32.3 Å². The fourth-order valence-electron chi connectivity index (χ4n) is 1.08. The molecule has 0 saturated heterocycles. The van der Waals surface area contributed by atoms with Crippen molar-refractivity contribution in [2.75, 3.05) is 0 Å². The first-order valence-corrected chi connectivity index (χ1v) is 4.76. The van der Waals surface area contributed by atoms with E-state index in [9.17, 15) is 9.59 Å². The van der Waals surface area contributed by atoms with E-state index in [0.717, 1.165) is 4.57 Å². The Morgan fingerprint density at radius 3 is 2.62 bits per heavy atom. The minimum Gasteiger partial charge on any atom is -0.481 e. The van der Waals surface area contributed by atoms with Crippen LogP contribution < -0.4 is 0 Å². The van der Waals surface area contributed by atoms with Crippen molar-refractivity contribution in [3.8, 4) is 0 Å². The third kappa shape index (κ3) is 3.38. The predicted molar refractivity (Wildman–Crippen MR) is 55.2 cm³/mol. The van der Waals surface area contributed by atoms with Crippen molar-refractivity contribution >= 4 is 12.1 Å². The highest BCUT2D eigenvalue weighted by atomic mass is 16.6. The molecule has 0 atom stereocenters. The summed E-state index contributed by atoms with van der Waals surface area (Å²) in [6, 6.07) is 0. The number of carboxylic acid groups (broad SMARTS) is 1. The molecule has 0 amide bonds. The van der Waals surface area contributed by atoms with Crippen molar-refractivity contribution in [2.24, 2.45) is 0 Å². The van der Waals surface area contributed by atoms with Crippen LogP contribution in [0.1, 0.15) is 26.5 Å². The molecule has 1 aromatic heterocycles. The highest BCUT2D eigenvalue weighted by molar-refractivity contribution is 5.75. The number of carbonyl (C=O) groups is 2. The first kappa shape index (κ1) is 12.2. The standard InChI is InChI=1S/C10H14N2O4/c1-10(2,3)16-9(15)12-6-11-5-7(12)4-8(13)14/h5-6H,4H2,1-3H3,(H,13,14). The van der Waals surface area contributed by atoms with Gasteiger partial charge in [0.25, 0.3) is 0 Å². The van der Waals surface area contributed by atoms with Gasteiger partial charge in [-0.2, -0.15) is 0 Å². The number of carboxylic acids is 1. The SMILES string of the molecule is CC(C)(C)OC(=O)n1cncc1CC(=O)O. The summed E-state index contributed by atoms with van der Waals surface area (Å²) in [5.41, 5.74) is -0.330. The Morgan fingerprint density at radius 1 is 1.50 bits per heavy atom. The van der Waals surface area contributed by atoms with Crippen LogP contribution >= 0.6 is 0 Å². The van der Waals surface area contributed by atoms with E-state index in [1.54, 1.807) is 20.8 Å². The van der Waals surface area contributed by atoms with Crippen molar-refractivity contribution < 1.29 is 19.4 Å². The van der Waals surface area contributed by atoms with Crippen molar-refractivity contribution in [1.82, 2.24) is 9.55 Å². The van der Waals surface area contributed by atoms with E-state index in [-0.39, 0.29) is 6.42 Å². The molecule has 0 aliphatic heterocycles. The van der Waals surface area contributed by atoms with E-state index < -0.39 is 17.7 Å². The molecular weight excluding hydrogens is 212 g/mol. The fourth-order valence-corrected chi connectivity index (χ4v) is 1.08. The van der Waals surface area contributed by atoms with Gasteiger partial charge in [-0.15, -0.1) is 0 Å². The number of aliphatic carboxylic acids is 1. The molecule has 0 unspecified atom stereocenters. The number of ether oxygens (including phenoxy) is 1. The van der Waals surface area contributed by atoms with Crippen LogP contribution in [0.3, 0.4) is 0 Å². The zero-order chi connectivity index (χ0) is 12.3. The maximum Gasteiger partial charge on any atom is 0.420 e. The van der Waals surface area contributed by atoms with Gasteiger partial charge in [0.1, 0.15) is 11.9 Å². The van der Waals surface area contributed by atoms with E-state index in [0.29, 0.717) is 5.69 Å². The molecule has 0 aliphatic carbocycles. The van der Waals surface area contributed by atoms with Gasteiger partial charge in [-0.25, -0.2) is 14.3 Å². The minimum absolute atomic E-state index is 0.265. The van der Waals surface area contributed by atoms with Gasteiger partial charge in [-0.1, -0.05) is 0 Å². The molecule has 0 spiro atoms. The van der Waals surface area contributed by atoms with E-state index in [1.165, 1.54) is 12.5 Å². The fraction of sp³-hybridized carbons (Fsp3) is 0.500. The highest BCUT2D eigenvalue weighted by Crippen LogP contribution is 2.10. The number of aromatic nitrogens is 2. The lowest BCUT2D eigenvalue weighted by molar-refractivity contribution is -0.136. The van der Waals surface area contributed by atoms with E-state index in [2.05, 4.69) is 4.98 Å². The second-order valence-corrected chi connectivity index (χ2v) is 4.31. The summed E-state index contributed by atoms with van der Waals surface area (Å²) in [5.74, 6) is -1.02. The molecule has 6 heteroatoms. The Hall–Kier alpha value is -1.85. The Bertz CT molecular complexity index is 403. The van der Waals surface area contributed by atoms with Crippen molar-refractivity contribution in [2.45, 2.75) is 32.8 Å². The average Bonchev–Trinajstić information content (AvgIpc) is 2.47. The summed E-state index contributed by atoms with van der Waals surface area (Å²) >= 11 is 0. The smallest absolute Gasteiger partial charge is 0.420 e. The Morgan fingerprint density at radius 2 is 2.12 bits per heavy atom. The van der Waals surface area contributed by atoms with Gasteiger partial charge in [0.15, 0.2) is 0 Å². The van der Waals surface area contributed by atoms with E-state index >= 15 is 0 Å². The Labute approximate surface area is 92.9 Å². The zero-order valence-electron chi connectivity index (χ0n) is 9.43. The molecule has 16 heavy (non-hydrogen) atoms. The molecule has 0 bridgehead atoms. The maximum absolute atomic E-state index is 11.6. The minimum atomic E-state index is -1.02. The number of hydrogen-bond donors (Lipinski definition) is 1. The van der Waals surface area contributed by atoms with Crippen LogP contribution in [-0.2, 0) is 16.0 Å². The average molecular weight is 226 g/mol. The summed E-state index contributed by atoms with van der Waals surface area (Å²) in [4.78, 5) is 25.9. The summed E-state index contributed by atoms with van der Waals surface area (Å²) in [6.07, 6.45) is 1.69. The Balaban J connectivity index is 2.84. The second kappa shape index (κ2) is 4.34. The third-order valence-corrected chi connectivity index (χ3v) is 1.64. The second-order valence-electron chi connectivity index (χ2n) is 4.31. The van der Waals surface area contributed by atoms with Crippen molar-refractivity contribution in [1.29, 1.82) is 0 Å². The highest BCUT2D eigenvalue weighted by Gasteiger charge is 2.20. The molecular formula is C10H14N2O4. The van der Waals surface area contributed by atoms with Gasteiger partial charge in [0, 0.05) is 6.20 Å². The molecule has 88 valence electrons. The number of nitrogens with zero attached hydrogens (tertiary/aromatic N) is 2. The van der Waals surface area contributed by atoms with Gasteiger partial charge in [-0.05, 0) is 20.8 Å². The molecule has 6 nitrogen and oxygen atoms in total. The zero-order valence-corrected chi connectivity index (χ0v) is 9.43. The largest absolute Gasteiger partial charge is 0.481 e. The van der Waals surface area contributed by atoms with Gasteiger partial charge in [0.2, 0.25) is 0 Å². The summed E-state index contributed by atoms with van der Waals surface area (Å²) in [7, 11) is 0.